The van der Waals surface area contributed by atoms with E-state index in [2.05, 4.69) is 26.5 Å². The minimum Gasteiger partial charge on any atom is -0.317 e. The maximum atomic E-state index is 4.37. The number of nitrogens with zero attached hydrogens (tertiary/aromatic N) is 3. The monoisotopic (exact) mass is 220 g/mol. The molecule has 0 spiro atoms. The molecule has 0 aromatic carbocycles. The Morgan fingerprint density at radius 1 is 1.12 bits per heavy atom. The molecule has 1 aromatic heterocycles. The molecule has 2 fully saturated rings. The highest BCUT2D eigenvalue weighted by atomic mass is 15.4. The van der Waals surface area contributed by atoms with E-state index in [1.54, 1.807) is 0 Å². The summed E-state index contributed by atoms with van der Waals surface area (Å²) in [6.07, 6.45) is 9.93. The highest BCUT2D eigenvalue weighted by Crippen LogP contribution is 2.33. The summed E-state index contributed by atoms with van der Waals surface area (Å²) in [6.45, 7) is 2.23. The first kappa shape index (κ1) is 10.3. The Labute approximate surface area is 96.4 Å². The summed E-state index contributed by atoms with van der Waals surface area (Å²) in [5, 5.41) is 12.1. The first-order valence-corrected chi connectivity index (χ1v) is 6.56. The lowest BCUT2D eigenvalue weighted by Crippen LogP contribution is -2.29. The van der Waals surface area contributed by atoms with Crippen molar-refractivity contribution in [1.29, 1.82) is 0 Å². The lowest BCUT2D eigenvalue weighted by molar-refractivity contribution is 0.337. The topological polar surface area (TPSA) is 42.7 Å². The van der Waals surface area contributed by atoms with Gasteiger partial charge < -0.3 is 5.32 Å². The zero-order valence-electron chi connectivity index (χ0n) is 9.73. The van der Waals surface area contributed by atoms with Crippen LogP contribution in [-0.4, -0.2) is 28.1 Å². The molecule has 1 aliphatic heterocycles. The van der Waals surface area contributed by atoms with Gasteiger partial charge in [0.1, 0.15) is 0 Å². The van der Waals surface area contributed by atoms with E-state index >= 15 is 0 Å². The third-order valence-electron chi connectivity index (χ3n) is 3.98. The summed E-state index contributed by atoms with van der Waals surface area (Å²) >= 11 is 0. The minimum atomic E-state index is 0.573. The van der Waals surface area contributed by atoms with Crippen LogP contribution in [0.15, 0.2) is 6.20 Å². The Bertz CT molecular complexity index is 335. The summed E-state index contributed by atoms with van der Waals surface area (Å²) in [5.74, 6) is 0.690. The normalized spacial score (nSPS) is 24.0. The van der Waals surface area contributed by atoms with Gasteiger partial charge >= 0.3 is 0 Å². The largest absolute Gasteiger partial charge is 0.317 e. The summed E-state index contributed by atoms with van der Waals surface area (Å²) < 4.78 is 2.11. The molecule has 0 atom stereocenters. The van der Waals surface area contributed by atoms with Crippen molar-refractivity contribution in [2.75, 3.05) is 13.1 Å². The number of aromatic nitrogens is 3. The van der Waals surface area contributed by atoms with E-state index in [1.807, 2.05) is 0 Å². The van der Waals surface area contributed by atoms with Gasteiger partial charge in [0.25, 0.3) is 0 Å². The van der Waals surface area contributed by atoms with E-state index in [-0.39, 0.29) is 0 Å². The van der Waals surface area contributed by atoms with Crippen LogP contribution in [0.1, 0.15) is 56.2 Å². The summed E-state index contributed by atoms with van der Waals surface area (Å²) in [7, 11) is 0. The molecule has 4 nitrogen and oxygen atoms in total. The number of hydrogen-bond donors (Lipinski definition) is 1. The molecule has 2 heterocycles. The van der Waals surface area contributed by atoms with E-state index in [0.717, 1.165) is 13.1 Å². The van der Waals surface area contributed by atoms with Crippen molar-refractivity contribution in [1.82, 2.24) is 20.3 Å². The molecule has 0 amide bonds. The van der Waals surface area contributed by atoms with Crippen LogP contribution in [0.5, 0.6) is 0 Å². The van der Waals surface area contributed by atoms with Gasteiger partial charge in [-0.05, 0) is 38.8 Å². The Balaban J connectivity index is 1.71. The lowest BCUT2D eigenvalue weighted by atomic mass is 10.0. The van der Waals surface area contributed by atoms with Gasteiger partial charge in [0, 0.05) is 12.1 Å². The quantitative estimate of drug-likeness (QED) is 0.827. The first-order valence-electron chi connectivity index (χ1n) is 6.56. The fourth-order valence-electron chi connectivity index (χ4n) is 2.95. The molecule has 2 aliphatic rings. The number of piperidine rings is 1. The van der Waals surface area contributed by atoms with E-state index in [4.69, 9.17) is 0 Å². The van der Waals surface area contributed by atoms with Crippen molar-refractivity contribution >= 4 is 0 Å². The average Bonchev–Trinajstić information content (AvgIpc) is 3.01. The predicted molar refractivity (Wildman–Crippen MR) is 62.4 cm³/mol. The Morgan fingerprint density at radius 3 is 2.62 bits per heavy atom. The molecule has 1 aliphatic carbocycles. The van der Waals surface area contributed by atoms with Crippen LogP contribution in [0, 0.1) is 0 Å². The van der Waals surface area contributed by atoms with Crippen LogP contribution < -0.4 is 5.32 Å². The molecule has 0 radical (unpaired) electrons. The Kier molecular flexibility index (Phi) is 2.91. The molecule has 1 saturated heterocycles. The summed E-state index contributed by atoms with van der Waals surface area (Å²) in [6, 6.07) is 0.573. The molecule has 0 unspecified atom stereocenters. The van der Waals surface area contributed by atoms with Gasteiger partial charge in [0.2, 0.25) is 0 Å². The van der Waals surface area contributed by atoms with Gasteiger partial charge in [-0.15, -0.1) is 5.10 Å². The van der Waals surface area contributed by atoms with Crippen LogP contribution >= 0.6 is 0 Å². The molecule has 4 heteroatoms. The van der Waals surface area contributed by atoms with Crippen LogP contribution in [0.2, 0.25) is 0 Å². The molecular weight excluding hydrogens is 200 g/mol. The van der Waals surface area contributed by atoms with Gasteiger partial charge in [0.05, 0.1) is 11.7 Å². The van der Waals surface area contributed by atoms with Crippen molar-refractivity contribution in [3.8, 4) is 0 Å². The van der Waals surface area contributed by atoms with E-state index in [0.29, 0.717) is 12.0 Å². The lowest BCUT2D eigenvalue weighted by Gasteiger charge is -2.22. The van der Waals surface area contributed by atoms with Crippen LogP contribution in [0.3, 0.4) is 0 Å². The Hall–Kier alpha value is -0.900. The zero-order chi connectivity index (χ0) is 10.8. The van der Waals surface area contributed by atoms with E-state index in [1.165, 1.54) is 44.2 Å². The number of nitrogens with one attached hydrogen (secondary N) is 1. The second-order valence-corrected chi connectivity index (χ2v) is 5.09. The van der Waals surface area contributed by atoms with Crippen LogP contribution in [0.25, 0.3) is 0 Å². The van der Waals surface area contributed by atoms with Gasteiger partial charge in [-0.1, -0.05) is 18.1 Å². The minimum absolute atomic E-state index is 0.573. The third-order valence-corrected chi connectivity index (χ3v) is 3.98. The van der Waals surface area contributed by atoms with Gasteiger partial charge in [-0.3, -0.25) is 0 Å². The molecule has 1 aromatic rings. The van der Waals surface area contributed by atoms with Crippen molar-refractivity contribution in [2.24, 2.45) is 0 Å². The maximum Gasteiger partial charge on any atom is 0.0858 e. The number of rotatable bonds is 2. The van der Waals surface area contributed by atoms with Crippen LogP contribution in [-0.2, 0) is 0 Å². The second-order valence-electron chi connectivity index (χ2n) is 5.09. The number of hydrogen-bond acceptors (Lipinski definition) is 3. The average molecular weight is 220 g/mol. The second kappa shape index (κ2) is 4.53. The molecule has 0 bridgehead atoms. The maximum absolute atomic E-state index is 4.37. The van der Waals surface area contributed by atoms with Crippen molar-refractivity contribution in [2.45, 2.75) is 50.5 Å². The molecule has 3 rings (SSSR count). The summed E-state index contributed by atoms with van der Waals surface area (Å²) in [5.41, 5.74) is 1.23. The molecule has 1 N–H and O–H groups in total. The first-order chi connectivity index (χ1) is 7.93. The summed E-state index contributed by atoms with van der Waals surface area (Å²) in [4.78, 5) is 0. The molecule has 1 saturated carbocycles. The Morgan fingerprint density at radius 2 is 1.88 bits per heavy atom. The fraction of sp³-hybridized carbons (Fsp3) is 0.833. The fourth-order valence-corrected chi connectivity index (χ4v) is 2.95. The highest BCUT2D eigenvalue weighted by Gasteiger charge is 2.22. The molecular formula is C12H20N4. The van der Waals surface area contributed by atoms with E-state index < -0.39 is 0 Å². The molecule has 16 heavy (non-hydrogen) atoms. The zero-order valence-corrected chi connectivity index (χ0v) is 9.73. The predicted octanol–water partition coefficient (Wildman–Crippen LogP) is 1.86. The van der Waals surface area contributed by atoms with E-state index in [9.17, 15) is 0 Å². The van der Waals surface area contributed by atoms with Gasteiger partial charge in [-0.25, -0.2) is 4.68 Å². The standard InChI is InChI=1S/C12H20N4/c1-2-4-10(3-1)12-9-16(15-14-12)11-5-7-13-8-6-11/h9-11,13H,1-8H2. The third kappa shape index (κ3) is 1.98. The SMILES string of the molecule is c1c(C2CCCC2)nnn1C1CCNCC1. The highest BCUT2D eigenvalue weighted by molar-refractivity contribution is 5.04. The van der Waals surface area contributed by atoms with Crippen LogP contribution in [0.4, 0.5) is 0 Å². The molecule has 88 valence electrons. The van der Waals surface area contributed by atoms with Gasteiger partial charge in [-0.2, -0.15) is 0 Å². The smallest absolute Gasteiger partial charge is 0.0858 e. The van der Waals surface area contributed by atoms with Gasteiger partial charge in [0.15, 0.2) is 0 Å². The van der Waals surface area contributed by atoms with Crippen molar-refractivity contribution in [3.63, 3.8) is 0 Å². The van der Waals surface area contributed by atoms with Crippen molar-refractivity contribution in [3.05, 3.63) is 11.9 Å². The van der Waals surface area contributed by atoms with Crippen molar-refractivity contribution < 1.29 is 0 Å².